The normalized spacial score (nSPS) is 17.3. The summed E-state index contributed by atoms with van der Waals surface area (Å²) in [5, 5.41) is 12.8. The summed E-state index contributed by atoms with van der Waals surface area (Å²) in [6.45, 7) is 1.78. The number of hydrogen-bond donors (Lipinski definition) is 0. The molecule has 1 saturated heterocycles. The van der Waals surface area contributed by atoms with E-state index < -0.39 is 32.9 Å². The van der Waals surface area contributed by atoms with Gasteiger partial charge in [-0.25, -0.2) is 8.42 Å². The van der Waals surface area contributed by atoms with E-state index in [2.05, 4.69) is 4.99 Å². The number of fused-ring (bicyclic) bond motifs is 1. The maximum Gasteiger partial charge on any atom is 0.326 e. The van der Waals surface area contributed by atoms with E-state index in [9.17, 15) is 28.1 Å². The van der Waals surface area contributed by atoms with Crippen molar-refractivity contribution < 1.29 is 27.7 Å². The summed E-state index contributed by atoms with van der Waals surface area (Å²) in [7, 11) is -3.84. The summed E-state index contributed by atoms with van der Waals surface area (Å²) in [5.41, 5.74) is 0.337. The van der Waals surface area contributed by atoms with E-state index in [-0.39, 0.29) is 34.4 Å². The maximum absolute atomic E-state index is 13.2. The number of hydrogen-bond acceptors (Lipinski definition) is 9. The quantitative estimate of drug-likeness (QED) is 0.263. The first kappa shape index (κ1) is 24.2. The second-order valence-corrected chi connectivity index (χ2v) is 11.4. The van der Waals surface area contributed by atoms with Crippen LogP contribution >= 0.6 is 22.7 Å². The molecule has 0 spiro atoms. The van der Waals surface area contributed by atoms with Gasteiger partial charge in [0.15, 0.2) is 4.80 Å². The van der Waals surface area contributed by atoms with Gasteiger partial charge in [-0.3, -0.25) is 19.7 Å². The average molecular weight is 525 g/mol. The lowest BCUT2D eigenvalue weighted by Gasteiger charge is -2.20. The van der Waals surface area contributed by atoms with Crippen LogP contribution < -0.4 is 4.80 Å². The van der Waals surface area contributed by atoms with Gasteiger partial charge in [-0.1, -0.05) is 17.4 Å². The second-order valence-electron chi connectivity index (χ2n) is 7.34. The zero-order valence-electron chi connectivity index (χ0n) is 17.9. The zero-order valence-corrected chi connectivity index (χ0v) is 20.4. The first-order valence-electron chi connectivity index (χ1n) is 10.3. The third-order valence-electron chi connectivity index (χ3n) is 5.22. The van der Waals surface area contributed by atoms with E-state index in [1.54, 1.807) is 18.4 Å². The molecule has 2 aromatic heterocycles. The van der Waals surface area contributed by atoms with Crippen molar-refractivity contribution >= 4 is 60.5 Å². The maximum atomic E-state index is 13.2. The molecule has 0 N–H and O–H groups in total. The van der Waals surface area contributed by atoms with E-state index in [0.29, 0.717) is 23.1 Å². The number of carbonyl (C=O) groups excluding carboxylic acids is 2. The molecule has 3 heterocycles. The standard InChI is InChI=1S/C20H20N4O7S3/c1-2-31-17(25)12-22-14-8-7-13(24(27)28)11-16(14)33-20(22)21-19(26)15-5-3-9-23(15)34(29,30)18-6-4-10-32-18/h4,6-8,10-11,15H,2-3,5,9,12H2,1H3. The molecule has 1 unspecified atom stereocenters. The van der Waals surface area contributed by atoms with Crippen LogP contribution in [0.3, 0.4) is 0 Å². The highest BCUT2D eigenvalue weighted by Gasteiger charge is 2.40. The van der Waals surface area contributed by atoms with Crippen molar-refractivity contribution in [2.45, 2.75) is 36.6 Å². The van der Waals surface area contributed by atoms with Crippen LogP contribution in [0.15, 0.2) is 44.9 Å². The Bertz CT molecular complexity index is 1420. The van der Waals surface area contributed by atoms with E-state index in [1.165, 1.54) is 33.1 Å². The largest absolute Gasteiger partial charge is 0.465 e. The highest BCUT2D eigenvalue weighted by molar-refractivity contribution is 7.91. The first-order chi connectivity index (χ1) is 16.2. The third-order valence-corrected chi connectivity index (χ3v) is 9.54. The van der Waals surface area contributed by atoms with Crippen LogP contribution in [-0.4, -0.2) is 53.3 Å². The molecule has 4 rings (SSSR count). The van der Waals surface area contributed by atoms with E-state index in [4.69, 9.17) is 4.74 Å². The minimum absolute atomic E-state index is 0.133. The molecular formula is C20H20N4O7S3. The fourth-order valence-corrected chi connectivity index (χ4v) is 7.56. The molecule has 0 bridgehead atoms. The molecule has 180 valence electrons. The lowest BCUT2D eigenvalue weighted by atomic mass is 10.2. The minimum atomic E-state index is -3.84. The number of non-ortho nitro benzene ring substituents is 1. The summed E-state index contributed by atoms with van der Waals surface area (Å²) in [6.07, 6.45) is 0.832. The zero-order chi connectivity index (χ0) is 24.5. The first-order valence-corrected chi connectivity index (χ1v) is 13.4. The third kappa shape index (κ3) is 4.66. The lowest BCUT2D eigenvalue weighted by Crippen LogP contribution is -2.40. The number of sulfonamides is 1. The Kier molecular flexibility index (Phi) is 6.93. The molecule has 11 nitrogen and oxygen atoms in total. The number of nitrogens with zero attached hydrogens (tertiary/aromatic N) is 4. The van der Waals surface area contributed by atoms with Gasteiger partial charge in [-0.15, -0.1) is 11.3 Å². The fourth-order valence-electron chi connectivity index (χ4n) is 3.72. The number of rotatable bonds is 7. The molecule has 3 aromatic rings. The Morgan fingerprint density at radius 2 is 2.12 bits per heavy atom. The number of aromatic nitrogens is 1. The van der Waals surface area contributed by atoms with E-state index in [1.807, 2.05) is 0 Å². The van der Waals surface area contributed by atoms with Gasteiger partial charge in [0.2, 0.25) is 0 Å². The number of thiazole rings is 1. The Balaban J connectivity index is 1.76. The topological polar surface area (TPSA) is 141 Å². The van der Waals surface area contributed by atoms with Crippen molar-refractivity contribution in [3.05, 3.63) is 50.6 Å². The molecule has 1 aromatic carbocycles. The molecular weight excluding hydrogens is 504 g/mol. The van der Waals surface area contributed by atoms with E-state index >= 15 is 0 Å². The van der Waals surface area contributed by atoms with Crippen LogP contribution in [0.5, 0.6) is 0 Å². The molecule has 1 amide bonds. The summed E-state index contributed by atoms with van der Waals surface area (Å²) in [5.74, 6) is -1.21. The Labute approximate surface area is 202 Å². The predicted molar refractivity (Wildman–Crippen MR) is 125 cm³/mol. The number of ether oxygens (including phenoxy) is 1. The van der Waals surface area contributed by atoms with Crippen LogP contribution in [0, 0.1) is 10.1 Å². The number of carbonyl (C=O) groups is 2. The highest BCUT2D eigenvalue weighted by Crippen LogP contribution is 2.29. The van der Waals surface area contributed by atoms with Gasteiger partial charge in [-0.05, 0) is 37.3 Å². The molecule has 1 aliphatic heterocycles. The van der Waals surface area contributed by atoms with Gasteiger partial charge >= 0.3 is 5.97 Å². The minimum Gasteiger partial charge on any atom is -0.465 e. The number of nitro benzene ring substituents is 1. The van der Waals surface area contributed by atoms with Crippen molar-refractivity contribution in [1.29, 1.82) is 0 Å². The average Bonchev–Trinajstić information content (AvgIpc) is 3.54. The summed E-state index contributed by atoms with van der Waals surface area (Å²) < 4.78 is 34.2. The second kappa shape index (κ2) is 9.74. The molecule has 0 radical (unpaired) electrons. The van der Waals surface area contributed by atoms with Crippen LogP contribution in [0.1, 0.15) is 19.8 Å². The Morgan fingerprint density at radius 3 is 2.79 bits per heavy atom. The number of esters is 1. The van der Waals surface area contributed by atoms with Gasteiger partial charge in [0.05, 0.1) is 21.7 Å². The van der Waals surface area contributed by atoms with Crippen molar-refractivity contribution in [3.8, 4) is 0 Å². The molecule has 1 atom stereocenters. The van der Waals surface area contributed by atoms with Gasteiger partial charge in [-0.2, -0.15) is 9.30 Å². The van der Waals surface area contributed by atoms with Crippen LogP contribution in [0.25, 0.3) is 10.2 Å². The van der Waals surface area contributed by atoms with E-state index in [0.717, 1.165) is 22.7 Å². The van der Waals surface area contributed by atoms with Crippen LogP contribution in [0.2, 0.25) is 0 Å². The highest BCUT2D eigenvalue weighted by atomic mass is 32.2. The van der Waals surface area contributed by atoms with Crippen molar-refractivity contribution in [2.24, 2.45) is 4.99 Å². The monoisotopic (exact) mass is 524 g/mol. The Hall–Kier alpha value is -2.94. The number of benzene rings is 1. The van der Waals surface area contributed by atoms with Crippen molar-refractivity contribution in [1.82, 2.24) is 8.87 Å². The Morgan fingerprint density at radius 1 is 1.32 bits per heavy atom. The number of nitro groups is 1. The summed E-state index contributed by atoms with van der Waals surface area (Å²) in [4.78, 5) is 40.3. The summed E-state index contributed by atoms with van der Waals surface area (Å²) >= 11 is 2.08. The predicted octanol–water partition coefficient (Wildman–Crippen LogP) is 2.52. The molecule has 14 heteroatoms. The van der Waals surface area contributed by atoms with Gasteiger partial charge in [0.1, 0.15) is 16.8 Å². The van der Waals surface area contributed by atoms with Gasteiger partial charge in [0, 0.05) is 18.7 Å². The van der Waals surface area contributed by atoms with Gasteiger partial charge in [0.25, 0.3) is 21.6 Å². The SMILES string of the molecule is CCOC(=O)Cn1c(=NC(=O)C2CCCN2S(=O)(=O)c2cccs2)sc2cc([N+](=O)[O-])ccc21. The molecule has 0 saturated carbocycles. The molecule has 1 fully saturated rings. The van der Waals surface area contributed by atoms with Gasteiger partial charge < -0.3 is 9.30 Å². The van der Waals surface area contributed by atoms with Crippen molar-refractivity contribution in [2.75, 3.05) is 13.2 Å². The number of amides is 1. The van der Waals surface area contributed by atoms with Crippen LogP contribution in [-0.2, 0) is 30.9 Å². The van der Waals surface area contributed by atoms with Crippen LogP contribution in [0.4, 0.5) is 5.69 Å². The van der Waals surface area contributed by atoms with Crippen molar-refractivity contribution in [3.63, 3.8) is 0 Å². The molecule has 34 heavy (non-hydrogen) atoms. The molecule has 1 aliphatic rings. The fraction of sp³-hybridized carbons (Fsp3) is 0.350. The lowest BCUT2D eigenvalue weighted by molar-refractivity contribution is -0.384. The smallest absolute Gasteiger partial charge is 0.326 e. The summed E-state index contributed by atoms with van der Waals surface area (Å²) in [6, 6.07) is 6.27. The number of thiophene rings is 1. The molecule has 0 aliphatic carbocycles.